The summed E-state index contributed by atoms with van der Waals surface area (Å²) >= 11 is 5.04. The number of carbonyl (C=O) groups excluding carboxylic acids is 2. The highest BCUT2D eigenvalue weighted by Crippen LogP contribution is 2.30. The standard InChI is InChI=1S/C11H12O2.C4H5ClO/c1-13-11-4-2-3-8-5-6-9(12)7-10(8)11;5-4(6)3-1-2-3/h2-4H,5-7H2,1H3;3H,1-2H2. The Labute approximate surface area is 117 Å². The molecule has 1 fully saturated rings. The number of ether oxygens (including phenoxy) is 1. The first kappa shape index (κ1) is 14.1. The van der Waals surface area contributed by atoms with Gasteiger partial charge < -0.3 is 4.74 Å². The monoisotopic (exact) mass is 280 g/mol. The molecule has 2 aliphatic rings. The topological polar surface area (TPSA) is 43.4 Å². The lowest BCUT2D eigenvalue weighted by atomic mass is 9.90. The second-order valence-electron chi connectivity index (χ2n) is 4.89. The Morgan fingerprint density at radius 3 is 2.58 bits per heavy atom. The van der Waals surface area contributed by atoms with Crippen molar-refractivity contribution in [3.8, 4) is 5.75 Å². The van der Waals surface area contributed by atoms with E-state index in [4.69, 9.17) is 16.3 Å². The molecule has 0 unspecified atom stereocenters. The zero-order valence-corrected chi connectivity index (χ0v) is 11.7. The molecule has 1 saturated carbocycles. The van der Waals surface area contributed by atoms with E-state index < -0.39 is 0 Å². The fourth-order valence-electron chi connectivity index (χ4n) is 2.11. The van der Waals surface area contributed by atoms with Gasteiger partial charge in [-0.1, -0.05) is 12.1 Å². The van der Waals surface area contributed by atoms with Crippen molar-refractivity contribution in [3.05, 3.63) is 29.3 Å². The van der Waals surface area contributed by atoms with Gasteiger partial charge in [0.05, 0.1) is 7.11 Å². The van der Waals surface area contributed by atoms with Gasteiger partial charge in [-0.3, -0.25) is 9.59 Å². The molecule has 3 rings (SSSR count). The summed E-state index contributed by atoms with van der Waals surface area (Å²) < 4.78 is 5.21. The number of rotatable bonds is 2. The quantitative estimate of drug-likeness (QED) is 0.783. The van der Waals surface area contributed by atoms with E-state index >= 15 is 0 Å². The molecule has 0 spiro atoms. The molecule has 0 atom stereocenters. The van der Waals surface area contributed by atoms with Crippen LogP contribution in [0.15, 0.2) is 18.2 Å². The highest BCUT2D eigenvalue weighted by Gasteiger charge is 2.27. The predicted octanol–water partition coefficient (Wildman–Crippen LogP) is 2.91. The number of carbonyl (C=O) groups is 2. The third kappa shape index (κ3) is 3.80. The Morgan fingerprint density at radius 2 is 2.05 bits per heavy atom. The minimum Gasteiger partial charge on any atom is -0.496 e. The molecule has 4 heteroatoms. The largest absolute Gasteiger partial charge is 0.496 e. The average Bonchev–Trinajstić information content (AvgIpc) is 3.23. The van der Waals surface area contributed by atoms with Crippen LogP contribution in [0.25, 0.3) is 0 Å². The van der Waals surface area contributed by atoms with Gasteiger partial charge in [0.2, 0.25) is 5.24 Å². The van der Waals surface area contributed by atoms with E-state index in [2.05, 4.69) is 6.07 Å². The molecule has 1 aromatic carbocycles. The van der Waals surface area contributed by atoms with E-state index in [1.807, 2.05) is 12.1 Å². The number of hydrogen-bond acceptors (Lipinski definition) is 3. The van der Waals surface area contributed by atoms with Gasteiger partial charge in [0, 0.05) is 24.3 Å². The smallest absolute Gasteiger partial charge is 0.224 e. The fourth-order valence-corrected chi connectivity index (χ4v) is 2.33. The van der Waals surface area contributed by atoms with Crippen LogP contribution in [0.3, 0.4) is 0 Å². The maximum absolute atomic E-state index is 11.2. The number of methoxy groups -OCH3 is 1. The van der Waals surface area contributed by atoms with E-state index in [-0.39, 0.29) is 11.2 Å². The predicted molar refractivity (Wildman–Crippen MR) is 73.6 cm³/mol. The molecular weight excluding hydrogens is 264 g/mol. The van der Waals surface area contributed by atoms with Crippen molar-refractivity contribution < 1.29 is 14.3 Å². The normalized spacial score (nSPS) is 17.1. The summed E-state index contributed by atoms with van der Waals surface area (Å²) in [5.41, 5.74) is 2.35. The molecule has 0 aromatic heterocycles. The van der Waals surface area contributed by atoms with Crippen LogP contribution >= 0.6 is 11.6 Å². The van der Waals surface area contributed by atoms with E-state index in [1.165, 1.54) is 5.56 Å². The number of hydrogen-bond donors (Lipinski definition) is 0. The third-order valence-electron chi connectivity index (χ3n) is 3.40. The Morgan fingerprint density at radius 1 is 1.32 bits per heavy atom. The summed E-state index contributed by atoms with van der Waals surface area (Å²) in [5.74, 6) is 1.40. The lowest BCUT2D eigenvalue weighted by molar-refractivity contribution is -0.118. The van der Waals surface area contributed by atoms with Gasteiger partial charge in [0.1, 0.15) is 11.5 Å². The van der Waals surface area contributed by atoms with E-state index in [0.717, 1.165) is 30.6 Å². The molecule has 0 aliphatic heterocycles. The van der Waals surface area contributed by atoms with Gasteiger partial charge in [0.15, 0.2) is 0 Å². The van der Waals surface area contributed by atoms with Gasteiger partial charge in [0.25, 0.3) is 0 Å². The summed E-state index contributed by atoms with van der Waals surface area (Å²) in [6, 6.07) is 5.97. The van der Waals surface area contributed by atoms with Gasteiger partial charge >= 0.3 is 0 Å². The van der Waals surface area contributed by atoms with Crippen LogP contribution in [0.5, 0.6) is 5.75 Å². The number of ketones is 1. The van der Waals surface area contributed by atoms with Crippen molar-refractivity contribution in [3.63, 3.8) is 0 Å². The first-order valence-electron chi connectivity index (χ1n) is 6.47. The molecule has 102 valence electrons. The number of benzene rings is 1. The second-order valence-corrected chi connectivity index (χ2v) is 5.26. The van der Waals surface area contributed by atoms with Crippen LogP contribution in [0, 0.1) is 5.92 Å². The van der Waals surface area contributed by atoms with Crippen molar-refractivity contribution in [2.75, 3.05) is 7.11 Å². The van der Waals surface area contributed by atoms with Gasteiger partial charge in [-0.05, 0) is 42.5 Å². The average molecular weight is 281 g/mol. The van der Waals surface area contributed by atoms with E-state index in [0.29, 0.717) is 18.6 Å². The molecule has 0 bridgehead atoms. The molecule has 1 aromatic rings. The van der Waals surface area contributed by atoms with E-state index in [1.54, 1.807) is 7.11 Å². The molecule has 3 nitrogen and oxygen atoms in total. The molecule has 19 heavy (non-hydrogen) atoms. The minimum atomic E-state index is -0.157. The van der Waals surface area contributed by atoms with Crippen LogP contribution < -0.4 is 4.74 Å². The number of fused-ring (bicyclic) bond motifs is 1. The molecule has 0 N–H and O–H groups in total. The van der Waals surface area contributed by atoms with Crippen LogP contribution in [0.2, 0.25) is 0 Å². The summed E-state index contributed by atoms with van der Waals surface area (Å²) in [6.07, 6.45) is 4.12. The number of halogens is 1. The number of Topliss-reactive ketones (excluding diaryl/α,β-unsaturated/α-hetero) is 1. The Balaban J connectivity index is 0.000000186. The fraction of sp³-hybridized carbons (Fsp3) is 0.467. The van der Waals surface area contributed by atoms with Crippen molar-refractivity contribution in [2.24, 2.45) is 5.92 Å². The summed E-state index contributed by atoms with van der Waals surface area (Å²) in [4.78, 5) is 21.2. The summed E-state index contributed by atoms with van der Waals surface area (Å²) in [6.45, 7) is 0. The SMILES string of the molecule is COc1cccc2c1CC(=O)CC2.O=C(Cl)C1CC1. The van der Waals surface area contributed by atoms with Crippen LogP contribution in [0.1, 0.15) is 30.4 Å². The van der Waals surface area contributed by atoms with Crippen molar-refractivity contribution in [2.45, 2.75) is 32.1 Å². The Hall–Kier alpha value is -1.35. The van der Waals surface area contributed by atoms with Gasteiger partial charge in [-0.15, -0.1) is 0 Å². The van der Waals surface area contributed by atoms with Crippen molar-refractivity contribution in [1.29, 1.82) is 0 Å². The van der Waals surface area contributed by atoms with E-state index in [9.17, 15) is 9.59 Å². The molecule has 0 amide bonds. The highest BCUT2D eigenvalue weighted by molar-refractivity contribution is 6.64. The molecule has 0 radical (unpaired) electrons. The van der Waals surface area contributed by atoms with Crippen molar-refractivity contribution in [1.82, 2.24) is 0 Å². The van der Waals surface area contributed by atoms with Gasteiger partial charge in [-0.25, -0.2) is 0 Å². The minimum absolute atomic E-state index is 0.157. The van der Waals surface area contributed by atoms with Crippen LogP contribution in [-0.4, -0.2) is 18.1 Å². The lowest BCUT2D eigenvalue weighted by Gasteiger charge is -2.17. The maximum atomic E-state index is 11.2. The highest BCUT2D eigenvalue weighted by atomic mass is 35.5. The lowest BCUT2D eigenvalue weighted by Crippen LogP contribution is -2.14. The Kier molecular flexibility index (Phi) is 4.59. The third-order valence-corrected chi connectivity index (χ3v) is 3.70. The molecular formula is C15H17ClO3. The second kappa shape index (κ2) is 6.20. The zero-order valence-electron chi connectivity index (χ0n) is 10.9. The molecule has 2 aliphatic carbocycles. The summed E-state index contributed by atoms with van der Waals surface area (Å²) in [7, 11) is 1.65. The number of aryl methyl sites for hydroxylation is 1. The first-order valence-corrected chi connectivity index (χ1v) is 6.85. The van der Waals surface area contributed by atoms with Crippen molar-refractivity contribution >= 4 is 22.6 Å². The van der Waals surface area contributed by atoms with Crippen LogP contribution in [-0.2, 0) is 22.4 Å². The molecule has 0 heterocycles. The van der Waals surface area contributed by atoms with Gasteiger partial charge in [-0.2, -0.15) is 0 Å². The zero-order chi connectivity index (χ0) is 13.8. The van der Waals surface area contributed by atoms with Crippen LogP contribution in [0.4, 0.5) is 0 Å². The summed E-state index contributed by atoms with van der Waals surface area (Å²) in [5, 5.41) is -0.157. The first-order chi connectivity index (χ1) is 9.11. The maximum Gasteiger partial charge on any atom is 0.224 e. The Bertz CT molecular complexity index is 478. The molecule has 0 saturated heterocycles.